The molecule has 25 heavy (non-hydrogen) atoms. The van der Waals surface area contributed by atoms with Gasteiger partial charge in [0.2, 0.25) is 0 Å². The lowest BCUT2D eigenvalue weighted by Gasteiger charge is -2.20. The van der Waals surface area contributed by atoms with Gasteiger partial charge in [-0.3, -0.25) is 9.59 Å². The highest BCUT2D eigenvalue weighted by molar-refractivity contribution is 6.29. The maximum Gasteiger partial charge on any atom is 0.198 e. The molecule has 0 bridgehead atoms. The lowest BCUT2D eigenvalue weighted by Crippen LogP contribution is -2.21. The van der Waals surface area contributed by atoms with Crippen LogP contribution in [0.1, 0.15) is 31.8 Å². The fraction of sp³-hybridized carbons (Fsp3) is 0.0476. The van der Waals surface area contributed by atoms with Gasteiger partial charge < -0.3 is 9.47 Å². The van der Waals surface area contributed by atoms with Crippen molar-refractivity contribution < 1.29 is 19.1 Å². The van der Waals surface area contributed by atoms with Crippen LogP contribution in [-0.2, 0) is 0 Å². The number of fused-ring (bicyclic) bond motifs is 2. The average molecular weight is 330 g/mol. The van der Waals surface area contributed by atoms with Crippen molar-refractivity contribution in [2.24, 2.45) is 0 Å². The first-order chi connectivity index (χ1) is 12.2. The second-order valence-electron chi connectivity index (χ2n) is 5.66. The van der Waals surface area contributed by atoms with E-state index in [-0.39, 0.29) is 11.6 Å². The van der Waals surface area contributed by atoms with E-state index in [9.17, 15) is 9.59 Å². The number of methoxy groups -OCH3 is 1. The Kier molecular flexibility index (Phi) is 3.58. The largest absolute Gasteiger partial charge is 0.497 e. The Hall–Kier alpha value is -3.40. The molecule has 122 valence electrons. The van der Waals surface area contributed by atoms with E-state index in [1.165, 1.54) is 0 Å². The Balaban J connectivity index is 1.79. The summed E-state index contributed by atoms with van der Waals surface area (Å²) in [4.78, 5) is 25.6. The summed E-state index contributed by atoms with van der Waals surface area (Å²) in [6, 6.07) is 19.0. The van der Waals surface area contributed by atoms with Gasteiger partial charge in [0.15, 0.2) is 11.6 Å². The molecule has 4 heteroatoms. The third kappa shape index (κ3) is 2.48. The first kappa shape index (κ1) is 15.1. The van der Waals surface area contributed by atoms with Crippen molar-refractivity contribution in [3.8, 4) is 17.2 Å². The molecule has 0 radical (unpaired) electrons. The van der Waals surface area contributed by atoms with Crippen molar-refractivity contribution in [2.45, 2.75) is 0 Å². The van der Waals surface area contributed by atoms with Crippen LogP contribution in [0.4, 0.5) is 0 Å². The zero-order valence-electron chi connectivity index (χ0n) is 13.5. The summed E-state index contributed by atoms with van der Waals surface area (Å²) in [5.74, 6) is 1.28. The highest BCUT2D eigenvalue weighted by Crippen LogP contribution is 2.35. The van der Waals surface area contributed by atoms with Gasteiger partial charge in [-0.2, -0.15) is 0 Å². The Morgan fingerprint density at radius 3 is 1.92 bits per heavy atom. The van der Waals surface area contributed by atoms with Crippen LogP contribution in [0.3, 0.4) is 0 Å². The van der Waals surface area contributed by atoms with E-state index in [4.69, 9.17) is 9.47 Å². The van der Waals surface area contributed by atoms with E-state index in [0.717, 1.165) is 0 Å². The number of carbonyl (C=O) groups excluding carboxylic acids is 2. The zero-order valence-corrected chi connectivity index (χ0v) is 13.5. The molecule has 4 nitrogen and oxygen atoms in total. The maximum absolute atomic E-state index is 12.9. The SMILES string of the molecule is COc1ccc(Oc2cccc3c2C(=O)c2ccccc2C3=O)cc1. The van der Waals surface area contributed by atoms with Crippen LogP contribution in [0.2, 0.25) is 0 Å². The second-order valence-corrected chi connectivity index (χ2v) is 5.66. The molecule has 0 saturated heterocycles. The van der Waals surface area contributed by atoms with Gasteiger partial charge in [0.25, 0.3) is 0 Å². The first-order valence-corrected chi connectivity index (χ1v) is 7.82. The Morgan fingerprint density at radius 1 is 0.640 bits per heavy atom. The van der Waals surface area contributed by atoms with E-state index < -0.39 is 0 Å². The summed E-state index contributed by atoms with van der Waals surface area (Å²) in [5, 5.41) is 0. The smallest absolute Gasteiger partial charge is 0.198 e. The van der Waals surface area contributed by atoms with E-state index in [1.807, 2.05) is 0 Å². The number of rotatable bonds is 3. The van der Waals surface area contributed by atoms with Gasteiger partial charge in [-0.1, -0.05) is 36.4 Å². The molecule has 0 heterocycles. The summed E-state index contributed by atoms with van der Waals surface area (Å²) in [5.41, 5.74) is 1.52. The molecule has 1 aliphatic carbocycles. The number of ketones is 2. The fourth-order valence-electron chi connectivity index (χ4n) is 2.97. The van der Waals surface area contributed by atoms with Gasteiger partial charge in [0.05, 0.1) is 12.7 Å². The van der Waals surface area contributed by atoms with Crippen molar-refractivity contribution >= 4 is 11.6 Å². The summed E-state index contributed by atoms with van der Waals surface area (Å²) in [7, 11) is 1.59. The molecule has 1 aliphatic rings. The summed E-state index contributed by atoms with van der Waals surface area (Å²) >= 11 is 0. The van der Waals surface area contributed by atoms with E-state index >= 15 is 0 Å². The van der Waals surface area contributed by atoms with Crippen LogP contribution in [0.15, 0.2) is 66.7 Å². The lowest BCUT2D eigenvalue weighted by molar-refractivity contribution is 0.0977. The molecule has 0 fully saturated rings. The lowest BCUT2D eigenvalue weighted by atomic mass is 9.83. The standard InChI is InChI=1S/C21H14O4/c1-24-13-9-11-14(12-10-13)25-18-8-4-7-17-19(18)21(23)16-6-3-2-5-15(16)20(17)22/h2-12H,1H3. The summed E-state index contributed by atoms with van der Waals surface area (Å²) in [6.45, 7) is 0. The van der Waals surface area contributed by atoms with Crippen LogP contribution in [-0.4, -0.2) is 18.7 Å². The van der Waals surface area contributed by atoms with Crippen molar-refractivity contribution in [1.82, 2.24) is 0 Å². The van der Waals surface area contributed by atoms with Gasteiger partial charge >= 0.3 is 0 Å². The van der Waals surface area contributed by atoms with Crippen molar-refractivity contribution in [1.29, 1.82) is 0 Å². The molecule has 0 aromatic heterocycles. The van der Waals surface area contributed by atoms with Gasteiger partial charge in [-0.15, -0.1) is 0 Å². The molecule has 0 aliphatic heterocycles. The van der Waals surface area contributed by atoms with Crippen molar-refractivity contribution in [3.05, 3.63) is 89.0 Å². The molecule has 0 amide bonds. The average Bonchev–Trinajstić information content (AvgIpc) is 2.66. The maximum atomic E-state index is 12.9. The Bertz CT molecular complexity index is 987. The Labute approximate surface area is 144 Å². The predicted octanol–water partition coefficient (Wildman–Crippen LogP) is 4.26. The fourth-order valence-corrected chi connectivity index (χ4v) is 2.97. The highest BCUT2D eigenvalue weighted by Gasteiger charge is 2.32. The number of benzene rings is 3. The molecular formula is C21H14O4. The zero-order chi connectivity index (χ0) is 17.4. The summed E-state index contributed by atoms with van der Waals surface area (Å²) < 4.78 is 11.0. The molecule has 3 aromatic rings. The third-order valence-corrected chi connectivity index (χ3v) is 4.20. The number of carbonyl (C=O) groups is 2. The number of ether oxygens (including phenoxy) is 2. The minimum Gasteiger partial charge on any atom is -0.497 e. The molecule has 4 rings (SSSR count). The van der Waals surface area contributed by atoms with Crippen LogP contribution in [0.25, 0.3) is 0 Å². The molecule has 3 aromatic carbocycles. The molecule has 0 N–H and O–H groups in total. The quantitative estimate of drug-likeness (QED) is 0.563. The third-order valence-electron chi connectivity index (χ3n) is 4.20. The highest BCUT2D eigenvalue weighted by atomic mass is 16.5. The predicted molar refractivity (Wildman–Crippen MR) is 92.8 cm³/mol. The van der Waals surface area contributed by atoms with E-state index in [1.54, 1.807) is 73.8 Å². The monoisotopic (exact) mass is 330 g/mol. The molecule has 0 spiro atoms. The normalized spacial score (nSPS) is 12.4. The van der Waals surface area contributed by atoms with Crippen molar-refractivity contribution in [2.75, 3.05) is 7.11 Å². The van der Waals surface area contributed by atoms with Crippen LogP contribution in [0, 0.1) is 0 Å². The van der Waals surface area contributed by atoms with Gasteiger partial charge in [0.1, 0.15) is 17.2 Å². The molecule has 0 atom stereocenters. The second kappa shape index (κ2) is 5.91. The Morgan fingerprint density at radius 2 is 1.24 bits per heavy atom. The van der Waals surface area contributed by atoms with Crippen LogP contribution >= 0.6 is 0 Å². The summed E-state index contributed by atoms with van der Waals surface area (Å²) in [6.07, 6.45) is 0. The first-order valence-electron chi connectivity index (χ1n) is 7.82. The van der Waals surface area contributed by atoms with Gasteiger partial charge in [-0.05, 0) is 30.3 Å². The number of hydrogen-bond donors (Lipinski definition) is 0. The molecule has 0 saturated carbocycles. The van der Waals surface area contributed by atoms with E-state index in [0.29, 0.717) is 39.5 Å². The van der Waals surface area contributed by atoms with Gasteiger partial charge in [-0.25, -0.2) is 0 Å². The van der Waals surface area contributed by atoms with Crippen molar-refractivity contribution in [3.63, 3.8) is 0 Å². The van der Waals surface area contributed by atoms with Gasteiger partial charge in [0, 0.05) is 16.7 Å². The topological polar surface area (TPSA) is 52.6 Å². The molecular weight excluding hydrogens is 316 g/mol. The molecule has 0 unspecified atom stereocenters. The van der Waals surface area contributed by atoms with Crippen LogP contribution in [0.5, 0.6) is 17.2 Å². The van der Waals surface area contributed by atoms with Crippen LogP contribution < -0.4 is 9.47 Å². The van der Waals surface area contributed by atoms with E-state index in [2.05, 4.69) is 0 Å². The minimum atomic E-state index is -0.200. The number of hydrogen-bond acceptors (Lipinski definition) is 4. The minimum absolute atomic E-state index is 0.162.